The van der Waals surface area contributed by atoms with Gasteiger partial charge in [0.25, 0.3) is 0 Å². The summed E-state index contributed by atoms with van der Waals surface area (Å²) in [4.78, 5) is 7.02. The molecule has 82 valence electrons. The van der Waals surface area contributed by atoms with Gasteiger partial charge in [-0.15, -0.1) is 0 Å². The van der Waals surface area contributed by atoms with Crippen LogP contribution in [0.15, 0.2) is 35.0 Å². The monoisotopic (exact) mass is 212 g/mol. The Labute approximate surface area is 96.3 Å². The van der Waals surface area contributed by atoms with Crippen molar-refractivity contribution in [3.8, 4) is 0 Å². The second-order valence-corrected chi connectivity index (χ2v) is 4.56. The van der Waals surface area contributed by atoms with Crippen LogP contribution in [0.5, 0.6) is 0 Å². The van der Waals surface area contributed by atoms with Gasteiger partial charge < -0.3 is 4.90 Å². The Hall–Kier alpha value is -1.57. The van der Waals surface area contributed by atoms with E-state index < -0.39 is 0 Å². The molecule has 1 fully saturated rings. The average Bonchev–Trinajstić information content (AvgIpc) is 2.81. The predicted molar refractivity (Wildman–Crippen MR) is 68.0 cm³/mol. The predicted octanol–water partition coefficient (Wildman–Crippen LogP) is 3.23. The van der Waals surface area contributed by atoms with Crippen molar-refractivity contribution in [3.05, 3.63) is 35.5 Å². The minimum atomic E-state index is 1.13. The molecule has 0 saturated carbocycles. The SMILES string of the molecule is CC1=Nc2ccccc2/C1=C1\CCCN1C. The summed E-state index contributed by atoms with van der Waals surface area (Å²) in [7, 11) is 2.18. The third-order valence-corrected chi connectivity index (χ3v) is 3.48. The first kappa shape index (κ1) is 9.64. The summed E-state index contributed by atoms with van der Waals surface area (Å²) in [5.41, 5.74) is 6.44. The second kappa shape index (κ2) is 3.48. The van der Waals surface area contributed by atoms with Gasteiger partial charge in [0.1, 0.15) is 0 Å². The highest BCUT2D eigenvalue weighted by molar-refractivity contribution is 6.28. The molecule has 0 unspecified atom stereocenters. The van der Waals surface area contributed by atoms with Gasteiger partial charge in [-0.05, 0) is 25.8 Å². The maximum absolute atomic E-state index is 4.64. The molecule has 2 heteroatoms. The highest BCUT2D eigenvalue weighted by Gasteiger charge is 2.25. The highest BCUT2D eigenvalue weighted by atomic mass is 15.1. The van der Waals surface area contributed by atoms with Crippen molar-refractivity contribution in [2.75, 3.05) is 13.6 Å². The minimum absolute atomic E-state index is 1.13. The summed E-state index contributed by atoms with van der Waals surface area (Å²) in [6, 6.07) is 8.44. The van der Waals surface area contributed by atoms with Gasteiger partial charge in [-0.3, -0.25) is 4.99 Å². The molecule has 0 N–H and O–H groups in total. The van der Waals surface area contributed by atoms with Gasteiger partial charge in [-0.2, -0.15) is 0 Å². The van der Waals surface area contributed by atoms with Crippen LogP contribution in [0, 0.1) is 0 Å². The number of para-hydroxylation sites is 1. The molecule has 2 aliphatic rings. The molecule has 0 aliphatic carbocycles. The number of benzene rings is 1. The Morgan fingerprint density at radius 2 is 2.06 bits per heavy atom. The molecule has 0 bridgehead atoms. The zero-order chi connectivity index (χ0) is 11.1. The molecule has 2 heterocycles. The van der Waals surface area contributed by atoms with Gasteiger partial charge in [0, 0.05) is 36.1 Å². The maximum Gasteiger partial charge on any atom is 0.0712 e. The fraction of sp³-hybridized carbons (Fsp3) is 0.357. The standard InChI is InChI=1S/C14H16N2/c1-10-14(13-8-5-9-16(13)2)11-6-3-4-7-12(11)15-10/h3-4,6-7H,5,8-9H2,1-2H3/b14-13+. The molecule has 2 aliphatic heterocycles. The normalized spacial score (nSPS) is 23.6. The van der Waals surface area contributed by atoms with Crippen molar-refractivity contribution in [3.63, 3.8) is 0 Å². The zero-order valence-electron chi connectivity index (χ0n) is 9.83. The lowest BCUT2D eigenvalue weighted by Gasteiger charge is -2.16. The van der Waals surface area contributed by atoms with E-state index in [1.165, 1.54) is 41.9 Å². The molecule has 0 aromatic heterocycles. The fourth-order valence-electron chi connectivity index (χ4n) is 2.70. The van der Waals surface area contributed by atoms with Gasteiger partial charge in [-0.25, -0.2) is 0 Å². The van der Waals surface area contributed by atoms with E-state index in [1.807, 2.05) is 0 Å². The molecule has 3 rings (SSSR count). The number of fused-ring (bicyclic) bond motifs is 1. The molecule has 0 atom stereocenters. The summed E-state index contributed by atoms with van der Waals surface area (Å²) in [5.74, 6) is 0. The highest BCUT2D eigenvalue weighted by Crippen LogP contribution is 2.39. The van der Waals surface area contributed by atoms with Crippen molar-refractivity contribution in [1.82, 2.24) is 4.90 Å². The molecular weight excluding hydrogens is 196 g/mol. The number of hydrogen-bond donors (Lipinski definition) is 0. The molecule has 16 heavy (non-hydrogen) atoms. The van der Waals surface area contributed by atoms with Crippen LogP contribution in [-0.2, 0) is 0 Å². The van der Waals surface area contributed by atoms with Crippen LogP contribution in [0.25, 0.3) is 5.57 Å². The van der Waals surface area contributed by atoms with Crippen LogP contribution in [0.2, 0.25) is 0 Å². The van der Waals surface area contributed by atoms with E-state index in [0.29, 0.717) is 0 Å². The van der Waals surface area contributed by atoms with Crippen molar-refractivity contribution >= 4 is 17.0 Å². The summed E-state index contributed by atoms with van der Waals surface area (Å²) < 4.78 is 0. The van der Waals surface area contributed by atoms with Crippen LogP contribution in [0.1, 0.15) is 25.3 Å². The Morgan fingerprint density at radius 1 is 1.25 bits per heavy atom. The topological polar surface area (TPSA) is 15.6 Å². The van der Waals surface area contributed by atoms with E-state index in [1.54, 1.807) is 0 Å². The maximum atomic E-state index is 4.64. The Bertz CT molecular complexity index is 497. The molecule has 2 nitrogen and oxygen atoms in total. The Morgan fingerprint density at radius 3 is 2.81 bits per heavy atom. The van der Waals surface area contributed by atoms with Crippen LogP contribution < -0.4 is 0 Å². The van der Waals surface area contributed by atoms with E-state index >= 15 is 0 Å². The molecule has 1 saturated heterocycles. The van der Waals surface area contributed by atoms with Crippen LogP contribution in [-0.4, -0.2) is 24.2 Å². The van der Waals surface area contributed by atoms with Crippen molar-refractivity contribution in [1.29, 1.82) is 0 Å². The fourth-order valence-corrected chi connectivity index (χ4v) is 2.70. The first-order chi connectivity index (χ1) is 7.77. The summed E-state index contributed by atoms with van der Waals surface area (Å²) in [6.45, 7) is 3.29. The van der Waals surface area contributed by atoms with Crippen LogP contribution in [0.4, 0.5) is 5.69 Å². The largest absolute Gasteiger partial charge is 0.377 e. The van der Waals surface area contributed by atoms with Gasteiger partial charge in [0.2, 0.25) is 0 Å². The van der Waals surface area contributed by atoms with Gasteiger partial charge >= 0.3 is 0 Å². The van der Waals surface area contributed by atoms with E-state index in [9.17, 15) is 0 Å². The van der Waals surface area contributed by atoms with Crippen molar-refractivity contribution < 1.29 is 0 Å². The third kappa shape index (κ3) is 1.29. The number of hydrogen-bond acceptors (Lipinski definition) is 2. The number of nitrogens with zero attached hydrogens (tertiary/aromatic N) is 2. The second-order valence-electron chi connectivity index (χ2n) is 4.56. The van der Waals surface area contributed by atoms with Crippen molar-refractivity contribution in [2.24, 2.45) is 4.99 Å². The van der Waals surface area contributed by atoms with E-state index in [2.05, 4.69) is 48.1 Å². The number of aliphatic imine (C=N–C) groups is 1. The molecule has 0 amide bonds. The minimum Gasteiger partial charge on any atom is -0.377 e. The first-order valence-electron chi connectivity index (χ1n) is 5.87. The molecule has 1 aromatic rings. The lowest BCUT2D eigenvalue weighted by atomic mass is 10.0. The van der Waals surface area contributed by atoms with Gasteiger partial charge in [0.15, 0.2) is 0 Å². The first-order valence-corrected chi connectivity index (χ1v) is 5.87. The molecule has 0 spiro atoms. The molecule has 1 aromatic carbocycles. The zero-order valence-corrected chi connectivity index (χ0v) is 9.83. The van der Waals surface area contributed by atoms with E-state index in [-0.39, 0.29) is 0 Å². The summed E-state index contributed by atoms with van der Waals surface area (Å²) in [6.07, 6.45) is 2.46. The summed E-state index contributed by atoms with van der Waals surface area (Å²) in [5, 5.41) is 0. The summed E-state index contributed by atoms with van der Waals surface area (Å²) >= 11 is 0. The lowest BCUT2D eigenvalue weighted by molar-refractivity contribution is 0.483. The number of likely N-dealkylation sites (tertiary alicyclic amines) is 1. The smallest absolute Gasteiger partial charge is 0.0712 e. The average molecular weight is 212 g/mol. The number of rotatable bonds is 0. The van der Waals surface area contributed by atoms with Crippen LogP contribution in [0.3, 0.4) is 0 Å². The quantitative estimate of drug-likeness (QED) is 0.644. The Balaban J connectivity index is 2.20. The lowest BCUT2D eigenvalue weighted by Crippen LogP contribution is -2.13. The molecule has 0 radical (unpaired) electrons. The van der Waals surface area contributed by atoms with Crippen LogP contribution >= 0.6 is 0 Å². The van der Waals surface area contributed by atoms with E-state index in [0.717, 1.165) is 5.69 Å². The Kier molecular flexibility index (Phi) is 2.10. The van der Waals surface area contributed by atoms with Crippen molar-refractivity contribution in [2.45, 2.75) is 19.8 Å². The third-order valence-electron chi connectivity index (χ3n) is 3.48. The molecular formula is C14H16N2. The van der Waals surface area contributed by atoms with Gasteiger partial charge in [0.05, 0.1) is 5.69 Å². The van der Waals surface area contributed by atoms with E-state index in [4.69, 9.17) is 0 Å². The number of allylic oxidation sites excluding steroid dienone is 2. The van der Waals surface area contributed by atoms with Gasteiger partial charge in [-0.1, -0.05) is 18.2 Å².